The lowest BCUT2D eigenvalue weighted by Crippen LogP contribution is -2.19. The zero-order chi connectivity index (χ0) is 11.7. The Kier molecular flexibility index (Phi) is 2.87. The van der Waals surface area contributed by atoms with Gasteiger partial charge in [-0.05, 0) is 37.2 Å². The standard InChI is InChI=1S/C13H13ClN2O/c14-10-2-3-12-9(7-10)1-4-13(16-12)17-11-5-6-15-8-11/h1-4,7,11,15H,5-6,8H2/t11-/m0/s1. The van der Waals surface area contributed by atoms with E-state index in [0.717, 1.165) is 35.4 Å². The van der Waals surface area contributed by atoms with Gasteiger partial charge in [-0.15, -0.1) is 0 Å². The van der Waals surface area contributed by atoms with Crippen molar-refractivity contribution in [2.45, 2.75) is 12.5 Å². The molecule has 88 valence electrons. The van der Waals surface area contributed by atoms with Gasteiger partial charge in [0.25, 0.3) is 0 Å². The quantitative estimate of drug-likeness (QED) is 0.887. The first-order valence-corrected chi connectivity index (χ1v) is 6.13. The van der Waals surface area contributed by atoms with Gasteiger partial charge in [0.05, 0.1) is 5.52 Å². The molecular weight excluding hydrogens is 236 g/mol. The molecular formula is C13H13ClN2O. The molecule has 2 aromatic rings. The highest BCUT2D eigenvalue weighted by molar-refractivity contribution is 6.31. The van der Waals surface area contributed by atoms with Gasteiger partial charge in [0, 0.05) is 23.0 Å². The van der Waals surface area contributed by atoms with Gasteiger partial charge >= 0.3 is 0 Å². The lowest BCUT2D eigenvalue weighted by molar-refractivity contribution is 0.215. The summed E-state index contributed by atoms with van der Waals surface area (Å²) in [5.74, 6) is 0.688. The van der Waals surface area contributed by atoms with Crippen LogP contribution in [0, 0.1) is 0 Å². The van der Waals surface area contributed by atoms with Crippen molar-refractivity contribution < 1.29 is 4.74 Å². The van der Waals surface area contributed by atoms with Crippen LogP contribution in [0.3, 0.4) is 0 Å². The maximum Gasteiger partial charge on any atom is 0.214 e. The van der Waals surface area contributed by atoms with E-state index in [1.807, 2.05) is 30.3 Å². The largest absolute Gasteiger partial charge is 0.473 e. The van der Waals surface area contributed by atoms with Gasteiger partial charge in [0.1, 0.15) is 6.10 Å². The number of aromatic nitrogens is 1. The maximum atomic E-state index is 5.93. The zero-order valence-electron chi connectivity index (χ0n) is 9.32. The van der Waals surface area contributed by atoms with Gasteiger partial charge in [-0.3, -0.25) is 0 Å². The average molecular weight is 249 g/mol. The summed E-state index contributed by atoms with van der Waals surface area (Å²) < 4.78 is 5.81. The van der Waals surface area contributed by atoms with E-state index in [4.69, 9.17) is 16.3 Å². The van der Waals surface area contributed by atoms with Crippen LogP contribution in [-0.4, -0.2) is 24.2 Å². The van der Waals surface area contributed by atoms with Crippen molar-refractivity contribution in [3.63, 3.8) is 0 Å². The molecule has 0 bridgehead atoms. The predicted molar refractivity (Wildman–Crippen MR) is 68.7 cm³/mol. The Bertz CT molecular complexity index is 538. The van der Waals surface area contributed by atoms with Gasteiger partial charge < -0.3 is 10.1 Å². The van der Waals surface area contributed by atoms with Crippen LogP contribution in [0.5, 0.6) is 5.88 Å². The van der Waals surface area contributed by atoms with Crippen molar-refractivity contribution in [2.75, 3.05) is 13.1 Å². The fourth-order valence-corrected chi connectivity index (χ4v) is 2.22. The minimum Gasteiger partial charge on any atom is -0.473 e. The molecule has 1 fully saturated rings. The topological polar surface area (TPSA) is 34.1 Å². The summed E-state index contributed by atoms with van der Waals surface area (Å²) in [5.41, 5.74) is 0.915. The van der Waals surface area contributed by atoms with Crippen LogP contribution < -0.4 is 10.1 Å². The highest BCUT2D eigenvalue weighted by Crippen LogP contribution is 2.21. The number of nitrogens with one attached hydrogen (secondary N) is 1. The van der Waals surface area contributed by atoms with E-state index in [0.29, 0.717) is 5.88 Å². The molecule has 3 rings (SSSR count). The van der Waals surface area contributed by atoms with E-state index in [9.17, 15) is 0 Å². The van der Waals surface area contributed by atoms with E-state index in [1.54, 1.807) is 0 Å². The monoisotopic (exact) mass is 248 g/mol. The van der Waals surface area contributed by atoms with Crippen LogP contribution in [0.1, 0.15) is 6.42 Å². The number of hydrogen-bond acceptors (Lipinski definition) is 3. The van der Waals surface area contributed by atoms with Crippen molar-refractivity contribution in [3.05, 3.63) is 35.4 Å². The Morgan fingerprint density at radius 3 is 3.06 bits per heavy atom. The second-order valence-electron chi connectivity index (χ2n) is 4.22. The molecule has 1 saturated heterocycles. The van der Waals surface area contributed by atoms with Crippen molar-refractivity contribution in [1.29, 1.82) is 0 Å². The summed E-state index contributed by atoms with van der Waals surface area (Å²) in [7, 11) is 0. The Labute approximate surface area is 105 Å². The summed E-state index contributed by atoms with van der Waals surface area (Å²) in [5, 5.41) is 5.03. The SMILES string of the molecule is Clc1ccc2nc(O[C@H]3CCNC3)ccc2c1. The normalized spacial score (nSPS) is 19.7. The number of halogens is 1. The Morgan fingerprint density at radius 2 is 2.24 bits per heavy atom. The van der Waals surface area contributed by atoms with Crippen LogP contribution in [0.25, 0.3) is 10.9 Å². The minimum absolute atomic E-state index is 0.243. The number of pyridine rings is 1. The lowest BCUT2D eigenvalue weighted by Gasteiger charge is -2.11. The van der Waals surface area contributed by atoms with Crippen LogP contribution in [0.2, 0.25) is 5.02 Å². The smallest absolute Gasteiger partial charge is 0.214 e. The first-order chi connectivity index (χ1) is 8.31. The van der Waals surface area contributed by atoms with Crippen molar-refractivity contribution in [1.82, 2.24) is 10.3 Å². The van der Waals surface area contributed by atoms with Crippen molar-refractivity contribution >= 4 is 22.5 Å². The minimum atomic E-state index is 0.243. The molecule has 1 N–H and O–H groups in total. The van der Waals surface area contributed by atoms with Crippen LogP contribution in [0.15, 0.2) is 30.3 Å². The molecule has 0 spiro atoms. The van der Waals surface area contributed by atoms with Crippen LogP contribution in [-0.2, 0) is 0 Å². The zero-order valence-corrected chi connectivity index (χ0v) is 10.1. The Balaban J connectivity index is 1.88. The van der Waals surface area contributed by atoms with E-state index in [-0.39, 0.29) is 6.10 Å². The van der Waals surface area contributed by atoms with Gasteiger partial charge in [-0.1, -0.05) is 11.6 Å². The van der Waals surface area contributed by atoms with Crippen LogP contribution >= 0.6 is 11.6 Å². The molecule has 4 heteroatoms. The molecule has 1 aromatic heterocycles. The van der Waals surface area contributed by atoms with Gasteiger partial charge in [0.15, 0.2) is 0 Å². The number of nitrogens with zero attached hydrogens (tertiary/aromatic N) is 1. The third-order valence-corrected chi connectivity index (χ3v) is 3.16. The molecule has 1 aliphatic heterocycles. The molecule has 0 saturated carbocycles. The molecule has 1 atom stereocenters. The molecule has 0 aliphatic carbocycles. The highest BCUT2D eigenvalue weighted by Gasteiger charge is 2.16. The predicted octanol–water partition coefficient (Wildman–Crippen LogP) is 2.63. The first-order valence-electron chi connectivity index (χ1n) is 5.75. The summed E-state index contributed by atoms with van der Waals surface area (Å²) in [6.45, 7) is 1.92. The van der Waals surface area contributed by atoms with Crippen molar-refractivity contribution in [3.8, 4) is 5.88 Å². The molecule has 3 nitrogen and oxygen atoms in total. The summed E-state index contributed by atoms with van der Waals surface area (Å²) in [4.78, 5) is 4.47. The Morgan fingerprint density at radius 1 is 1.29 bits per heavy atom. The molecule has 0 radical (unpaired) electrons. The fraction of sp³-hybridized carbons (Fsp3) is 0.308. The van der Waals surface area contributed by atoms with E-state index < -0.39 is 0 Å². The molecule has 1 aliphatic rings. The van der Waals surface area contributed by atoms with Gasteiger partial charge in [0.2, 0.25) is 5.88 Å². The van der Waals surface area contributed by atoms with Gasteiger partial charge in [-0.2, -0.15) is 0 Å². The maximum absolute atomic E-state index is 5.93. The van der Waals surface area contributed by atoms with E-state index in [1.165, 1.54) is 0 Å². The van der Waals surface area contributed by atoms with E-state index in [2.05, 4.69) is 10.3 Å². The molecule has 0 amide bonds. The number of ether oxygens (including phenoxy) is 1. The number of hydrogen-bond donors (Lipinski definition) is 1. The number of benzene rings is 1. The van der Waals surface area contributed by atoms with Gasteiger partial charge in [-0.25, -0.2) is 4.98 Å². The first kappa shape index (κ1) is 10.8. The van der Waals surface area contributed by atoms with E-state index >= 15 is 0 Å². The van der Waals surface area contributed by atoms with Crippen molar-refractivity contribution in [2.24, 2.45) is 0 Å². The second kappa shape index (κ2) is 4.51. The molecule has 17 heavy (non-hydrogen) atoms. The average Bonchev–Trinajstić information content (AvgIpc) is 2.82. The highest BCUT2D eigenvalue weighted by atomic mass is 35.5. The Hall–Kier alpha value is -1.32. The lowest BCUT2D eigenvalue weighted by atomic mass is 10.2. The summed E-state index contributed by atoms with van der Waals surface area (Å²) in [6.07, 6.45) is 1.28. The molecule has 2 heterocycles. The van der Waals surface area contributed by atoms with Crippen LogP contribution in [0.4, 0.5) is 0 Å². The third-order valence-electron chi connectivity index (χ3n) is 2.93. The summed E-state index contributed by atoms with van der Waals surface area (Å²) in [6, 6.07) is 9.56. The number of fused-ring (bicyclic) bond motifs is 1. The molecule has 0 unspecified atom stereocenters. The third kappa shape index (κ3) is 2.35. The number of rotatable bonds is 2. The summed E-state index contributed by atoms with van der Waals surface area (Å²) >= 11 is 5.93. The fourth-order valence-electron chi connectivity index (χ4n) is 2.04. The molecule has 1 aromatic carbocycles. The second-order valence-corrected chi connectivity index (χ2v) is 4.66.